The Bertz CT molecular complexity index is 354. The maximum absolute atomic E-state index is 11.8. The summed E-state index contributed by atoms with van der Waals surface area (Å²) in [6.45, 7) is 4.95. The van der Waals surface area contributed by atoms with Crippen LogP contribution in [0.25, 0.3) is 0 Å². The van der Waals surface area contributed by atoms with Crippen molar-refractivity contribution in [2.45, 2.75) is 57.9 Å². The Kier molecular flexibility index (Phi) is 5.66. The number of rotatable bonds is 3. The second kappa shape index (κ2) is 7.04. The van der Waals surface area contributed by atoms with E-state index in [1.165, 1.54) is 44.9 Å². The number of piperazine rings is 1. The van der Waals surface area contributed by atoms with Crippen LogP contribution in [-0.2, 0) is 10.0 Å². The molecule has 0 amide bonds. The molecule has 1 heterocycles. The molecule has 2 fully saturated rings. The molecule has 0 aromatic heterocycles. The fraction of sp³-hybridized carbons (Fsp3) is 1.00. The summed E-state index contributed by atoms with van der Waals surface area (Å²) in [5, 5.41) is 0. The van der Waals surface area contributed by atoms with Crippen molar-refractivity contribution in [3.8, 4) is 0 Å². The molecule has 1 aliphatic carbocycles. The lowest BCUT2D eigenvalue weighted by Gasteiger charge is -2.39. The van der Waals surface area contributed by atoms with Gasteiger partial charge in [0.05, 0.1) is 5.75 Å². The summed E-state index contributed by atoms with van der Waals surface area (Å²) in [5.41, 5.74) is 0. The maximum atomic E-state index is 11.8. The Labute approximate surface area is 118 Å². The van der Waals surface area contributed by atoms with Crippen molar-refractivity contribution >= 4 is 10.0 Å². The molecule has 0 atom stereocenters. The van der Waals surface area contributed by atoms with Gasteiger partial charge in [0.25, 0.3) is 0 Å². The smallest absolute Gasteiger partial charge is 0.213 e. The van der Waals surface area contributed by atoms with E-state index in [2.05, 4.69) is 4.90 Å². The van der Waals surface area contributed by atoms with E-state index < -0.39 is 10.0 Å². The van der Waals surface area contributed by atoms with Gasteiger partial charge < -0.3 is 0 Å². The lowest BCUT2D eigenvalue weighted by molar-refractivity contribution is 0.118. The van der Waals surface area contributed by atoms with Gasteiger partial charge in [-0.3, -0.25) is 4.90 Å². The largest absolute Gasteiger partial charge is 0.298 e. The minimum absolute atomic E-state index is 0.233. The molecule has 5 heteroatoms. The quantitative estimate of drug-likeness (QED) is 0.798. The molecule has 0 radical (unpaired) electrons. The van der Waals surface area contributed by atoms with Crippen molar-refractivity contribution in [2.24, 2.45) is 0 Å². The van der Waals surface area contributed by atoms with E-state index in [1.54, 1.807) is 11.2 Å². The summed E-state index contributed by atoms with van der Waals surface area (Å²) >= 11 is 0. The summed E-state index contributed by atoms with van der Waals surface area (Å²) in [6, 6.07) is 0.701. The third kappa shape index (κ3) is 4.17. The van der Waals surface area contributed by atoms with Crippen LogP contribution < -0.4 is 0 Å². The summed E-state index contributed by atoms with van der Waals surface area (Å²) in [5.74, 6) is 0.233. The van der Waals surface area contributed by atoms with Crippen LogP contribution in [0, 0.1) is 0 Å². The predicted octanol–water partition coefficient (Wildman–Crippen LogP) is 2.07. The standard InChI is InChI=1S/C14H28N2O2S/c1-2-19(17,18)16-12-10-15(11-13-16)14-8-6-4-3-5-7-9-14/h14H,2-13H2,1H3. The lowest BCUT2D eigenvalue weighted by Crippen LogP contribution is -2.52. The topological polar surface area (TPSA) is 40.6 Å². The van der Waals surface area contributed by atoms with Crippen LogP contribution in [0.15, 0.2) is 0 Å². The van der Waals surface area contributed by atoms with Gasteiger partial charge in [0.15, 0.2) is 0 Å². The SMILES string of the molecule is CCS(=O)(=O)N1CCN(C2CCCCCCC2)CC1. The van der Waals surface area contributed by atoms with Crippen molar-refractivity contribution in [3.63, 3.8) is 0 Å². The van der Waals surface area contributed by atoms with Gasteiger partial charge in [0.1, 0.15) is 0 Å². The predicted molar refractivity (Wildman–Crippen MR) is 78.7 cm³/mol. The molecule has 4 nitrogen and oxygen atoms in total. The monoisotopic (exact) mass is 288 g/mol. The molecule has 0 aromatic rings. The van der Waals surface area contributed by atoms with Crippen LogP contribution in [0.1, 0.15) is 51.9 Å². The highest BCUT2D eigenvalue weighted by Gasteiger charge is 2.28. The van der Waals surface area contributed by atoms with Gasteiger partial charge in [-0.1, -0.05) is 32.1 Å². The first-order valence-corrected chi connectivity index (χ1v) is 9.46. The highest BCUT2D eigenvalue weighted by molar-refractivity contribution is 7.89. The van der Waals surface area contributed by atoms with Crippen molar-refractivity contribution in [3.05, 3.63) is 0 Å². The van der Waals surface area contributed by atoms with Gasteiger partial charge in [-0.25, -0.2) is 8.42 Å². The van der Waals surface area contributed by atoms with Crippen molar-refractivity contribution < 1.29 is 8.42 Å². The zero-order valence-corrected chi connectivity index (χ0v) is 13.0. The fourth-order valence-corrected chi connectivity index (χ4v) is 4.41. The molecule has 2 rings (SSSR count). The number of hydrogen-bond donors (Lipinski definition) is 0. The van der Waals surface area contributed by atoms with E-state index in [9.17, 15) is 8.42 Å². The molecule has 112 valence electrons. The van der Waals surface area contributed by atoms with E-state index in [0.717, 1.165) is 13.1 Å². The molecule has 1 aliphatic heterocycles. The van der Waals surface area contributed by atoms with E-state index in [4.69, 9.17) is 0 Å². The normalized spacial score (nSPS) is 25.9. The van der Waals surface area contributed by atoms with Gasteiger partial charge in [-0.15, -0.1) is 0 Å². The molecule has 0 N–H and O–H groups in total. The van der Waals surface area contributed by atoms with Crippen LogP contribution >= 0.6 is 0 Å². The van der Waals surface area contributed by atoms with Crippen LogP contribution in [0.4, 0.5) is 0 Å². The van der Waals surface area contributed by atoms with E-state index in [1.807, 2.05) is 0 Å². The number of hydrogen-bond acceptors (Lipinski definition) is 3. The zero-order chi connectivity index (χ0) is 13.7. The Morgan fingerprint density at radius 2 is 1.42 bits per heavy atom. The Hall–Kier alpha value is -0.130. The van der Waals surface area contributed by atoms with Gasteiger partial charge in [-0.2, -0.15) is 4.31 Å². The van der Waals surface area contributed by atoms with Crippen molar-refractivity contribution in [2.75, 3.05) is 31.9 Å². The van der Waals surface area contributed by atoms with Gasteiger partial charge in [0.2, 0.25) is 10.0 Å². The number of nitrogens with zero attached hydrogens (tertiary/aromatic N) is 2. The molecule has 0 bridgehead atoms. The van der Waals surface area contributed by atoms with Crippen LogP contribution in [-0.4, -0.2) is 55.6 Å². The second-order valence-corrected chi connectivity index (χ2v) is 8.09. The summed E-state index contributed by atoms with van der Waals surface area (Å²) in [6.07, 6.45) is 9.45. The van der Waals surface area contributed by atoms with Crippen LogP contribution in [0.3, 0.4) is 0 Å². The summed E-state index contributed by atoms with van der Waals surface area (Å²) < 4.78 is 25.4. The van der Waals surface area contributed by atoms with E-state index >= 15 is 0 Å². The molecular weight excluding hydrogens is 260 g/mol. The molecular formula is C14H28N2O2S. The summed E-state index contributed by atoms with van der Waals surface area (Å²) in [7, 11) is -2.98. The Morgan fingerprint density at radius 1 is 0.895 bits per heavy atom. The maximum Gasteiger partial charge on any atom is 0.213 e. The molecule has 0 aromatic carbocycles. The van der Waals surface area contributed by atoms with E-state index in [-0.39, 0.29) is 5.75 Å². The van der Waals surface area contributed by atoms with Crippen molar-refractivity contribution in [1.29, 1.82) is 0 Å². The molecule has 1 saturated heterocycles. The fourth-order valence-electron chi connectivity index (χ4n) is 3.33. The highest BCUT2D eigenvalue weighted by atomic mass is 32.2. The molecule has 19 heavy (non-hydrogen) atoms. The first kappa shape index (κ1) is 15.3. The Morgan fingerprint density at radius 3 is 1.95 bits per heavy atom. The summed E-state index contributed by atoms with van der Waals surface area (Å²) in [4.78, 5) is 2.53. The molecule has 1 saturated carbocycles. The first-order valence-electron chi connectivity index (χ1n) is 7.85. The Balaban J connectivity index is 1.85. The molecule has 2 aliphatic rings. The first-order chi connectivity index (χ1) is 9.13. The van der Waals surface area contributed by atoms with Gasteiger partial charge in [-0.05, 0) is 19.8 Å². The third-order valence-corrected chi connectivity index (χ3v) is 6.50. The zero-order valence-electron chi connectivity index (χ0n) is 12.2. The average molecular weight is 288 g/mol. The average Bonchev–Trinajstić information content (AvgIpc) is 2.39. The van der Waals surface area contributed by atoms with Crippen LogP contribution in [0.5, 0.6) is 0 Å². The van der Waals surface area contributed by atoms with Gasteiger partial charge >= 0.3 is 0 Å². The van der Waals surface area contributed by atoms with Crippen LogP contribution in [0.2, 0.25) is 0 Å². The van der Waals surface area contributed by atoms with E-state index in [0.29, 0.717) is 19.1 Å². The van der Waals surface area contributed by atoms with Gasteiger partial charge in [0, 0.05) is 32.2 Å². The molecule has 0 spiro atoms. The van der Waals surface area contributed by atoms with Crippen molar-refractivity contribution in [1.82, 2.24) is 9.21 Å². The minimum atomic E-state index is -2.98. The highest BCUT2D eigenvalue weighted by Crippen LogP contribution is 2.22. The molecule has 0 unspecified atom stereocenters. The minimum Gasteiger partial charge on any atom is -0.298 e. The second-order valence-electron chi connectivity index (χ2n) is 5.83. The third-order valence-electron chi connectivity index (χ3n) is 4.62. The lowest BCUT2D eigenvalue weighted by atomic mass is 9.95. The number of sulfonamides is 1.